The monoisotopic (exact) mass is 442 g/mol. The van der Waals surface area contributed by atoms with E-state index < -0.39 is 13.8 Å². The molecule has 3 aromatic rings. The van der Waals surface area contributed by atoms with E-state index in [1.54, 1.807) is 0 Å². The van der Waals surface area contributed by atoms with Crippen LogP contribution >= 0.6 is 7.82 Å². The number of rotatable bonds is 10. The number of benzene rings is 3. The Kier molecular flexibility index (Phi) is 7.84. The van der Waals surface area contributed by atoms with Crippen LogP contribution in [0.1, 0.15) is 21.5 Å². The zero-order chi connectivity index (χ0) is 22.1. The number of carbonyl (C=O) groups excluding carboxylic acids is 1. The number of phosphoric ester groups is 1. The van der Waals surface area contributed by atoms with E-state index in [9.17, 15) is 9.36 Å². The van der Waals surface area contributed by atoms with Gasteiger partial charge in [-0.3, -0.25) is 9.05 Å². The Morgan fingerprint density at radius 1 is 0.774 bits per heavy atom. The fourth-order valence-corrected chi connectivity index (χ4v) is 3.84. The first-order chi connectivity index (χ1) is 15.0. The third kappa shape index (κ3) is 6.43. The van der Waals surface area contributed by atoms with E-state index in [4.69, 9.17) is 23.0 Å². The van der Waals surface area contributed by atoms with Crippen LogP contribution in [0.25, 0.3) is 0 Å². The number of methoxy groups -OCH3 is 2. The molecule has 0 bridgehead atoms. The van der Waals surface area contributed by atoms with Crippen LogP contribution in [-0.4, -0.2) is 20.2 Å². The topological polar surface area (TPSA) is 80.3 Å². The van der Waals surface area contributed by atoms with Crippen molar-refractivity contribution in [3.05, 3.63) is 95.6 Å². The van der Waals surface area contributed by atoms with Crippen LogP contribution in [0.4, 0.5) is 0 Å². The second-order valence-electron chi connectivity index (χ2n) is 6.41. The SMILES string of the molecule is COC(=O)c1ccc(OP(=O)(OCc2ccccc2)OCc2ccccc2)c(OC)c1. The second kappa shape index (κ2) is 10.8. The maximum absolute atomic E-state index is 13.5. The molecule has 0 spiro atoms. The smallest absolute Gasteiger partial charge is 0.493 e. The van der Waals surface area contributed by atoms with Crippen molar-refractivity contribution < 1.29 is 32.4 Å². The van der Waals surface area contributed by atoms with Gasteiger partial charge < -0.3 is 14.0 Å². The van der Waals surface area contributed by atoms with Gasteiger partial charge in [-0.15, -0.1) is 0 Å². The highest BCUT2D eigenvalue weighted by Gasteiger charge is 2.31. The number of carbonyl (C=O) groups is 1. The molecule has 0 aliphatic heterocycles. The highest BCUT2D eigenvalue weighted by atomic mass is 31.2. The lowest BCUT2D eigenvalue weighted by Crippen LogP contribution is -2.06. The summed E-state index contributed by atoms with van der Waals surface area (Å²) in [5, 5.41) is 0. The normalized spacial score (nSPS) is 11.0. The Hall–Kier alpha value is -3.12. The maximum atomic E-state index is 13.5. The van der Waals surface area contributed by atoms with Gasteiger partial charge in [0.2, 0.25) is 0 Å². The minimum Gasteiger partial charge on any atom is -0.493 e. The fourth-order valence-electron chi connectivity index (χ4n) is 2.65. The minimum absolute atomic E-state index is 0.0233. The molecule has 0 fully saturated rings. The fraction of sp³-hybridized carbons (Fsp3) is 0.174. The summed E-state index contributed by atoms with van der Waals surface area (Å²) < 4.78 is 40.3. The van der Waals surface area contributed by atoms with Crippen LogP contribution in [0.15, 0.2) is 78.9 Å². The number of phosphoric acid groups is 1. The highest BCUT2D eigenvalue weighted by Crippen LogP contribution is 2.52. The molecule has 162 valence electrons. The van der Waals surface area contributed by atoms with E-state index in [1.807, 2.05) is 60.7 Å². The lowest BCUT2D eigenvalue weighted by Gasteiger charge is -2.20. The largest absolute Gasteiger partial charge is 0.530 e. The predicted octanol–water partition coefficient (Wildman–Crippen LogP) is 5.40. The second-order valence-corrected chi connectivity index (χ2v) is 8.01. The molecule has 0 saturated heterocycles. The molecule has 7 nitrogen and oxygen atoms in total. The third-order valence-electron chi connectivity index (χ3n) is 4.26. The van der Waals surface area contributed by atoms with Crippen LogP contribution in [0.2, 0.25) is 0 Å². The first-order valence-corrected chi connectivity index (χ1v) is 10.9. The van der Waals surface area contributed by atoms with Crippen molar-refractivity contribution in [2.45, 2.75) is 13.2 Å². The van der Waals surface area contributed by atoms with Crippen molar-refractivity contribution in [3.8, 4) is 11.5 Å². The van der Waals surface area contributed by atoms with Gasteiger partial charge in [0.15, 0.2) is 11.5 Å². The van der Waals surface area contributed by atoms with E-state index >= 15 is 0 Å². The lowest BCUT2D eigenvalue weighted by atomic mass is 10.2. The van der Waals surface area contributed by atoms with Gasteiger partial charge in [-0.1, -0.05) is 60.7 Å². The molecule has 0 aliphatic carbocycles. The van der Waals surface area contributed by atoms with E-state index in [-0.39, 0.29) is 30.3 Å². The molecule has 0 aliphatic rings. The summed E-state index contributed by atoms with van der Waals surface area (Å²) in [7, 11) is -1.37. The molecule has 3 rings (SSSR count). The van der Waals surface area contributed by atoms with Crippen molar-refractivity contribution in [2.24, 2.45) is 0 Å². The quantitative estimate of drug-likeness (QED) is 0.307. The van der Waals surface area contributed by atoms with Gasteiger partial charge >= 0.3 is 13.8 Å². The number of esters is 1. The molecule has 0 radical (unpaired) electrons. The predicted molar refractivity (Wildman–Crippen MR) is 115 cm³/mol. The van der Waals surface area contributed by atoms with Gasteiger partial charge in [0.05, 0.1) is 33.0 Å². The van der Waals surface area contributed by atoms with E-state index in [0.717, 1.165) is 11.1 Å². The van der Waals surface area contributed by atoms with Gasteiger partial charge in [-0.2, -0.15) is 0 Å². The van der Waals surface area contributed by atoms with Crippen LogP contribution in [-0.2, 0) is 31.6 Å². The van der Waals surface area contributed by atoms with Gasteiger partial charge in [0.25, 0.3) is 0 Å². The molecular formula is C23H23O7P. The first kappa shape index (κ1) is 22.6. The summed E-state index contributed by atoms with van der Waals surface area (Å²) in [6, 6.07) is 22.9. The Bertz CT molecular complexity index is 991. The van der Waals surface area contributed by atoms with Gasteiger partial charge in [-0.25, -0.2) is 9.36 Å². The third-order valence-corrected chi connectivity index (χ3v) is 5.57. The van der Waals surface area contributed by atoms with Crippen molar-refractivity contribution in [1.29, 1.82) is 0 Å². The zero-order valence-electron chi connectivity index (χ0n) is 17.2. The molecule has 8 heteroatoms. The first-order valence-electron chi connectivity index (χ1n) is 9.46. The minimum atomic E-state index is -4.05. The van der Waals surface area contributed by atoms with E-state index in [2.05, 4.69) is 0 Å². The highest BCUT2D eigenvalue weighted by molar-refractivity contribution is 7.48. The van der Waals surface area contributed by atoms with Crippen LogP contribution in [0, 0.1) is 0 Å². The van der Waals surface area contributed by atoms with Gasteiger partial charge in [0, 0.05) is 0 Å². The molecular weight excluding hydrogens is 419 g/mol. The Morgan fingerprint density at radius 3 is 1.81 bits per heavy atom. The number of hydrogen-bond donors (Lipinski definition) is 0. The molecule has 0 atom stereocenters. The molecule has 31 heavy (non-hydrogen) atoms. The molecule has 0 N–H and O–H groups in total. The van der Waals surface area contributed by atoms with Gasteiger partial charge in [0.1, 0.15) is 0 Å². The summed E-state index contributed by atoms with van der Waals surface area (Å²) in [4.78, 5) is 11.8. The summed E-state index contributed by atoms with van der Waals surface area (Å²) in [5.74, 6) is -0.233. The van der Waals surface area contributed by atoms with Crippen LogP contribution in [0.5, 0.6) is 11.5 Å². The maximum Gasteiger partial charge on any atom is 0.530 e. The molecule has 0 aromatic heterocycles. The van der Waals surface area contributed by atoms with Crippen molar-refractivity contribution in [3.63, 3.8) is 0 Å². The van der Waals surface area contributed by atoms with Crippen molar-refractivity contribution >= 4 is 13.8 Å². The van der Waals surface area contributed by atoms with Crippen molar-refractivity contribution in [2.75, 3.05) is 14.2 Å². The number of hydrogen-bond acceptors (Lipinski definition) is 7. The lowest BCUT2D eigenvalue weighted by molar-refractivity contribution is 0.0600. The van der Waals surface area contributed by atoms with E-state index in [0.29, 0.717) is 0 Å². The van der Waals surface area contributed by atoms with Crippen LogP contribution in [0.3, 0.4) is 0 Å². The van der Waals surface area contributed by atoms with Gasteiger partial charge in [-0.05, 0) is 29.3 Å². The standard InChI is InChI=1S/C23H23O7P/c1-26-22-15-20(23(24)27-2)13-14-21(22)30-31(25,28-16-18-9-5-3-6-10-18)29-17-19-11-7-4-8-12-19/h3-15H,16-17H2,1-2H3. The number of ether oxygens (including phenoxy) is 2. The average Bonchev–Trinajstić information content (AvgIpc) is 2.82. The zero-order valence-corrected chi connectivity index (χ0v) is 18.1. The summed E-state index contributed by atoms with van der Waals surface area (Å²) in [6.45, 7) is 0.0466. The Morgan fingerprint density at radius 2 is 1.32 bits per heavy atom. The molecule has 0 amide bonds. The summed E-state index contributed by atoms with van der Waals surface area (Å²) in [5.41, 5.74) is 1.88. The Labute approximate surface area is 181 Å². The van der Waals surface area contributed by atoms with Crippen molar-refractivity contribution in [1.82, 2.24) is 0 Å². The van der Waals surface area contributed by atoms with E-state index in [1.165, 1.54) is 32.4 Å². The molecule has 0 unspecified atom stereocenters. The van der Waals surface area contributed by atoms with Crippen LogP contribution < -0.4 is 9.26 Å². The summed E-state index contributed by atoms with van der Waals surface area (Å²) in [6.07, 6.45) is 0. The average molecular weight is 442 g/mol. The Balaban J connectivity index is 1.82. The molecule has 3 aromatic carbocycles. The summed E-state index contributed by atoms with van der Waals surface area (Å²) >= 11 is 0. The molecule has 0 saturated carbocycles. The molecule has 0 heterocycles.